The van der Waals surface area contributed by atoms with Crippen molar-refractivity contribution in [2.75, 3.05) is 5.32 Å². The summed E-state index contributed by atoms with van der Waals surface area (Å²) in [7, 11) is 0. The maximum absolute atomic E-state index is 11.9. The van der Waals surface area contributed by atoms with Gasteiger partial charge in [0.1, 0.15) is 5.69 Å². The standard InChI is InChI=1S/C14H16N2O5/c1-8-7-10(8)14(18)21-9(2)13(17)15-11-5-3-4-6-12(11)16(19)20/h3-6,8-10H,7H2,1-2H3,(H,15,17)/t8-,9+,10-/m1/s1. The van der Waals surface area contributed by atoms with Gasteiger partial charge in [-0.3, -0.25) is 19.7 Å². The molecule has 0 aliphatic heterocycles. The SMILES string of the molecule is C[C@H](OC(=O)[C@@H]1C[C@H]1C)C(=O)Nc1ccccc1[N+](=O)[O-]. The molecule has 3 atom stereocenters. The predicted molar refractivity (Wildman–Crippen MR) is 74.6 cm³/mol. The van der Waals surface area contributed by atoms with E-state index in [0.717, 1.165) is 6.42 Å². The molecule has 1 aliphatic carbocycles. The number of nitro benzene ring substituents is 1. The largest absolute Gasteiger partial charge is 0.452 e. The number of para-hydroxylation sites is 2. The maximum Gasteiger partial charge on any atom is 0.309 e. The Kier molecular flexibility index (Phi) is 4.21. The zero-order valence-corrected chi connectivity index (χ0v) is 11.7. The number of ether oxygens (including phenoxy) is 1. The Bertz CT molecular complexity index is 586. The van der Waals surface area contributed by atoms with Crippen LogP contribution in [-0.2, 0) is 14.3 Å². The van der Waals surface area contributed by atoms with Crippen molar-refractivity contribution in [2.45, 2.75) is 26.4 Å². The van der Waals surface area contributed by atoms with Gasteiger partial charge in [0.25, 0.3) is 11.6 Å². The first-order valence-electron chi connectivity index (χ1n) is 6.65. The number of anilines is 1. The molecular weight excluding hydrogens is 276 g/mol. The van der Waals surface area contributed by atoms with Gasteiger partial charge in [0.05, 0.1) is 10.8 Å². The van der Waals surface area contributed by atoms with Gasteiger partial charge in [0.15, 0.2) is 6.10 Å². The lowest BCUT2D eigenvalue weighted by Gasteiger charge is -2.13. The monoisotopic (exact) mass is 292 g/mol. The molecule has 1 fully saturated rings. The highest BCUT2D eigenvalue weighted by Gasteiger charge is 2.41. The molecule has 1 aromatic carbocycles. The molecule has 1 N–H and O–H groups in total. The summed E-state index contributed by atoms with van der Waals surface area (Å²) in [6, 6.07) is 5.79. The van der Waals surface area contributed by atoms with Crippen molar-refractivity contribution in [2.24, 2.45) is 11.8 Å². The number of carbonyl (C=O) groups excluding carboxylic acids is 2. The van der Waals surface area contributed by atoms with Crippen LogP contribution in [0.1, 0.15) is 20.3 Å². The fourth-order valence-electron chi connectivity index (χ4n) is 1.94. The number of nitro groups is 1. The van der Waals surface area contributed by atoms with Crippen molar-refractivity contribution in [1.82, 2.24) is 0 Å². The van der Waals surface area contributed by atoms with Crippen molar-refractivity contribution < 1.29 is 19.2 Å². The zero-order chi connectivity index (χ0) is 15.6. The molecule has 112 valence electrons. The summed E-state index contributed by atoms with van der Waals surface area (Å²) in [6.07, 6.45) is -0.220. The second-order valence-electron chi connectivity index (χ2n) is 5.16. The third-order valence-corrected chi connectivity index (χ3v) is 3.43. The van der Waals surface area contributed by atoms with Crippen LogP contribution in [0.5, 0.6) is 0 Å². The van der Waals surface area contributed by atoms with Crippen LogP contribution in [0.25, 0.3) is 0 Å². The van der Waals surface area contributed by atoms with Crippen molar-refractivity contribution in [1.29, 1.82) is 0 Å². The molecule has 1 aliphatic rings. The highest BCUT2D eigenvalue weighted by atomic mass is 16.6. The van der Waals surface area contributed by atoms with Gasteiger partial charge in [-0.15, -0.1) is 0 Å². The van der Waals surface area contributed by atoms with E-state index in [1.807, 2.05) is 6.92 Å². The molecule has 0 bridgehead atoms. The number of nitrogens with one attached hydrogen (secondary N) is 1. The van der Waals surface area contributed by atoms with Crippen molar-refractivity contribution in [3.8, 4) is 0 Å². The van der Waals surface area contributed by atoms with E-state index in [4.69, 9.17) is 4.74 Å². The normalized spacial score (nSPS) is 21.2. The molecule has 0 unspecified atom stereocenters. The van der Waals surface area contributed by atoms with Gasteiger partial charge in [-0.05, 0) is 25.3 Å². The number of rotatable bonds is 5. The number of hydrogen-bond acceptors (Lipinski definition) is 5. The van der Waals surface area contributed by atoms with Gasteiger partial charge in [-0.1, -0.05) is 19.1 Å². The Hall–Kier alpha value is -2.44. The summed E-state index contributed by atoms with van der Waals surface area (Å²) < 4.78 is 5.06. The van der Waals surface area contributed by atoms with Crippen molar-refractivity contribution in [3.05, 3.63) is 34.4 Å². The van der Waals surface area contributed by atoms with Crippen molar-refractivity contribution >= 4 is 23.3 Å². The number of hydrogen-bond donors (Lipinski definition) is 1. The fourth-order valence-corrected chi connectivity index (χ4v) is 1.94. The van der Waals surface area contributed by atoms with E-state index in [2.05, 4.69) is 5.32 Å². The molecule has 7 heteroatoms. The molecule has 1 amide bonds. The summed E-state index contributed by atoms with van der Waals surface area (Å²) in [5, 5.41) is 13.3. The minimum atomic E-state index is -0.995. The predicted octanol–water partition coefficient (Wildman–Crippen LogP) is 2.12. The molecule has 0 spiro atoms. The fraction of sp³-hybridized carbons (Fsp3) is 0.429. The Morgan fingerprint density at radius 2 is 2.05 bits per heavy atom. The van der Waals surface area contributed by atoms with Crippen LogP contribution in [0.2, 0.25) is 0 Å². The first kappa shape index (κ1) is 15.0. The Balaban J connectivity index is 1.97. The lowest BCUT2D eigenvalue weighted by molar-refractivity contribution is -0.383. The quantitative estimate of drug-likeness (QED) is 0.509. The first-order chi connectivity index (χ1) is 9.90. The zero-order valence-electron chi connectivity index (χ0n) is 11.7. The second kappa shape index (κ2) is 5.90. The Morgan fingerprint density at radius 1 is 1.43 bits per heavy atom. The second-order valence-corrected chi connectivity index (χ2v) is 5.16. The Labute approximate surface area is 121 Å². The topological polar surface area (TPSA) is 98.5 Å². The molecule has 7 nitrogen and oxygen atoms in total. The van der Waals surface area contributed by atoms with Gasteiger partial charge in [-0.25, -0.2) is 0 Å². The molecular formula is C14H16N2O5. The van der Waals surface area contributed by atoms with Crippen LogP contribution in [0.4, 0.5) is 11.4 Å². The van der Waals surface area contributed by atoms with Crippen LogP contribution in [0.15, 0.2) is 24.3 Å². The smallest absolute Gasteiger partial charge is 0.309 e. The summed E-state index contributed by atoms with van der Waals surface area (Å²) in [6.45, 7) is 3.37. The molecule has 1 saturated carbocycles. The number of esters is 1. The summed E-state index contributed by atoms with van der Waals surface area (Å²) in [4.78, 5) is 33.9. The minimum Gasteiger partial charge on any atom is -0.452 e. The average molecular weight is 292 g/mol. The van der Waals surface area contributed by atoms with Crippen LogP contribution in [0.3, 0.4) is 0 Å². The van der Waals surface area contributed by atoms with Gasteiger partial charge >= 0.3 is 5.97 Å². The van der Waals surface area contributed by atoms with E-state index in [-0.39, 0.29) is 17.3 Å². The third kappa shape index (κ3) is 3.56. The minimum absolute atomic E-state index is 0.0789. The summed E-state index contributed by atoms with van der Waals surface area (Å²) >= 11 is 0. The van der Waals surface area contributed by atoms with E-state index < -0.39 is 22.9 Å². The molecule has 0 saturated heterocycles. The molecule has 1 aromatic rings. The average Bonchev–Trinajstić information content (AvgIpc) is 3.16. The number of nitrogens with zero attached hydrogens (tertiary/aromatic N) is 1. The van der Waals surface area contributed by atoms with E-state index >= 15 is 0 Å². The lowest BCUT2D eigenvalue weighted by atomic mass is 10.2. The van der Waals surface area contributed by atoms with Gasteiger partial charge in [0, 0.05) is 6.07 Å². The van der Waals surface area contributed by atoms with Crippen LogP contribution < -0.4 is 5.32 Å². The molecule has 21 heavy (non-hydrogen) atoms. The lowest BCUT2D eigenvalue weighted by Crippen LogP contribution is -2.30. The number of benzene rings is 1. The molecule has 0 radical (unpaired) electrons. The van der Waals surface area contributed by atoms with Crippen LogP contribution >= 0.6 is 0 Å². The highest BCUT2D eigenvalue weighted by Crippen LogP contribution is 2.38. The number of carbonyl (C=O) groups is 2. The van der Waals surface area contributed by atoms with Crippen LogP contribution in [0, 0.1) is 22.0 Å². The Morgan fingerprint density at radius 3 is 2.62 bits per heavy atom. The van der Waals surface area contributed by atoms with Gasteiger partial charge < -0.3 is 10.1 Å². The molecule has 0 heterocycles. The van der Waals surface area contributed by atoms with Gasteiger partial charge in [-0.2, -0.15) is 0 Å². The third-order valence-electron chi connectivity index (χ3n) is 3.43. The van der Waals surface area contributed by atoms with E-state index in [0.29, 0.717) is 5.92 Å². The summed E-state index contributed by atoms with van der Waals surface area (Å²) in [5.74, 6) is -0.826. The van der Waals surface area contributed by atoms with E-state index in [9.17, 15) is 19.7 Å². The first-order valence-corrected chi connectivity index (χ1v) is 6.65. The molecule has 0 aromatic heterocycles. The number of amides is 1. The van der Waals surface area contributed by atoms with Crippen LogP contribution in [-0.4, -0.2) is 22.9 Å². The van der Waals surface area contributed by atoms with E-state index in [1.165, 1.54) is 25.1 Å². The summed E-state index contributed by atoms with van der Waals surface area (Å²) in [5.41, 5.74) is -0.129. The van der Waals surface area contributed by atoms with E-state index in [1.54, 1.807) is 6.07 Å². The van der Waals surface area contributed by atoms with Crippen molar-refractivity contribution in [3.63, 3.8) is 0 Å². The molecule has 2 rings (SSSR count). The maximum atomic E-state index is 11.9. The van der Waals surface area contributed by atoms with Gasteiger partial charge in [0.2, 0.25) is 0 Å². The highest BCUT2D eigenvalue weighted by molar-refractivity contribution is 5.97.